The molecule has 1 aliphatic carbocycles. The largest absolute Gasteiger partial charge is 0.486 e. The SMILES string of the molecule is Cc1occc1C(=O)N/N=C1\CCCc2oc(C(=O)Nc3ccc4c(c3)OCCO4)c(C)c21. The van der Waals surface area contributed by atoms with Crippen LogP contribution in [0, 0.1) is 13.8 Å². The van der Waals surface area contributed by atoms with E-state index in [1.54, 1.807) is 31.2 Å². The number of hydrogen-bond donors (Lipinski definition) is 2. The number of ether oxygens (including phenoxy) is 2. The molecular formula is C24H23N3O6. The van der Waals surface area contributed by atoms with Gasteiger partial charge in [0.25, 0.3) is 11.8 Å². The number of nitrogens with one attached hydrogen (secondary N) is 2. The highest BCUT2D eigenvalue weighted by Crippen LogP contribution is 2.34. The van der Waals surface area contributed by atoms with E-state index in [0.29, 0.717) is 71.6 Å². The Balaban J connectivity index is 1.37. The minimum Gasteiger partial charge on any atom is -0.486 e. The number of carbonyl (C=O) groups excluding carboxylic acids is 2. The number of benzene rings is 1. The van der Waals surface area contributed by atoms with E-state index in [9.17, 15) is 9.59 Å². The number of amides is 2. The number of rotatable bonds is 4. The Labute approximate surface area is 189 Å². The maximum absolute atomic E-state index is 13.0. The summed E-state index contributed by atoms with van der Waals surface area (Å²) >= 11 is 0. The lowest BCUT2D eigenvalue weighted by molar-refractivity contribution is 0.0952. The molecule has 2 N–H and O–H groups in total. The molecule has 0 atom stereocenters. The predicted molar refractivity (Wildman–Crippen MR) is 119 cm³/mol. The van der Waals surface area contributed by atoms with Crippen molar-refractivity contribution in [3.05, 3.63) is 64.5 Å². The van der Waals surface area contributed by atoms with Crippen LogP contribution in [0.1, 0.15) is 56.4 Å². The molecule has 33 heavy (non-hydrogen) atoms. The highest BCUT2D eigenvalue weighted by atomic mass is 16.6. The summed E-state index contributed by atoms with van der Waals surface area (Å²) in [4.78, 5) is 25.4. The zero-order valence-corrected chi connectivity index (χ0v) is 18.3. The second kappa shape index (κ2) is 8.50. The molecule has 2 aromatic heterocycles. The highest BCUT2D eigenvalue weighted by molar-refractivity contribution is 6.09. The van der Waals surface area contributed by atoms with Gasteiger partial charge in [-0.25, -0.2) is 5.43 Å². The molecule has 9 nitrogen and oxygen atoms in total. The van der Waals surface area contributed by atoms with Crippen LogP contribution in [0.4, 0.5) is 5.69 Å². The Morgan fingerprint density at radius 3 is 2.61 bits per heavy atom. The fourth-order valence-corrected chi connectivity index (χ4v) is 4.10. The van der Waals surface area contributed by atoms with Gasteiger partial charge in [0, 0.05) is 29.3 Å². The summed E-state index contributed by atoms with van der Waals surface area (Å²) in [6.45, 7) is 4.51. The molecule has 0 spiro atoms. The molecule has 1 aromatic carbocycles. The van der Waals surface area contributed by atoms with Crippen molar-refractivity contribution in [1.29, 1.82) is 0 Å². The van der Waals surface area contributed by atoms with Crippen LogP contribution < -0.4 is 20.2 Å². The van der Waals surface area contributed by atoms with Gasteiger partial charge in [-0.2, -0.15) is 5.10 Å². The molecule has 0 saturated heterocycles. The van der Waals surface area contributed by atoms with Crippen molar-refractivity contribution in [2.24, 2.45) is 5.10 Å². The summed E-state index contributed by atoms with van der Waals surface area (Å²) in [7, 11) is 0. The van der Waals surface area contributed by atoms with Gasteiger partial charge < -0.3 is 23.6 Å². The number of furan rings is 2. The summed E-state index contributed by atoms with van der Waals surface area (Å²) in [6, 6.07) is 6.84. The number of fused-ring (bicyclic) bond motifs is 2. The van der Waals surface area contributed by atoms with Gasteiger partial charge in [-0.15, -0.1) is 0 Å². The predicted octanol–water partition coefficient (Wildman–Crippen LogP) is 3.98. The van der Waals surface area contributed by atoms with Crippen LogP contribution in [0.2, 0.25) is 0 Å². The Morgan fingerprint density at radius 2 is 1.82 bits per heavy atom. The maximum Gasteiger partial charge on any atom is 0.291 e. The number of carbonyl (C=O) groups is 2. The highest BCUT2D eigenvalue weighted by Gasteiger charge is 2.28. The normalized spacial score (nSPS) is 15.8. The Kier molecular flexibility index (Phi) is 5.37. The number of anilines is 1. The van der Waals surface area contributed by atoms with Crippen molar-refractivity contribution >= 4 is 23.2 Å². The average molecular weight is 449 g/mol. The molecule has 0 fully saturated rings. The van der Waals surface area contributed by atoms with Gasteiger partial charge in [0.2, 0.25) is 0 Å². The first-order chi connectivity index (χ1) is 16.0. The van der Waals surface area contributed by atoms with Gasteiger partial charge in [-0.3, -0.25) is 9.59 Å². The molecule has 170 valence electrons. The van der Waals surface area contributed by atoms with E-state index in [2.05, 4.69) is 15.8 Å². The number of aryl methyl sites for hydroxylation is 2. The summed E-state index contributed by atoms with van der Waals surface area (Å²) in [5.74, 6) is 1.97. The van der Waals surface area contributed by atoms with Gasteiger partial charge in [0.1, 0.15) is 24.7 Å². The van der Waals surface area contributed by atoms with Crippen LogP contribution in [-0.4, -0.2) is 30.7 Å². The minimum absolute atomic E-state index is 0.224. The average Bonchev–Trinajstić information content (AvgIpc) is 3.41. The van der Waals surface area contributed by atoms with Crippen LogP contribution in [0.5, 0.6) is 11.5 Å². The third-order valence-electron chi connectivity index (χ3n) is 5.73. The van der Waals surface area contributed by atoms with Crippen LogP contribution in [0.25, 0.3) is 0 Å². The van der Waals surface area contributed by atoms with E-state index in [-0.39, 0.29) is 17.6 Å². The Bertz CT molecular complexity index is 1270. The number of hydrogen-bond acceptors (Lipinski definition) is 7. The van der Waals surface area contributed by atoms with E-state index in [0.717, 1.165) is 12.0 Å². The van der Waals surface area contributed by atoms with Crippen LogP contribution >= 0.6 is 0 Å². The summed E-state index contributed by atoms with van der Waals surface area (Å²) < 4.78 is 22.2. The van der Waals surface area contributed by atoms with Gasteiger partial charge in [0.15, 0.2) is 17.3 Å². The van der Waals surface area contributed by atoms with Crippen LogP contribution in [-0.2, 0) is 6.42 Å². The smallest absolute Gasteiger partial charge is 0.291 e. The molecule has 9 heteroatoms. The molecule has 0 saturated carbocycles. The van der Waals surface area contributed by atoms with Crippen molar-refractivity contribution in [2.45, 2.75) is 33.1 Å². The van der Waals surface area contributed by atoms with Crippen LogP contribution in [0.15, 0.2) is 44.5 Å². The first-order valence-electron chi connectivity index (χ1n) is 10.8. The topological polar surface area (TPSA) is 115 Å². The fourth-order valence-electron chi connectivity index (χ4n) is 4.10. The fraction of sp³-hybridized carbons (Fsp3) is 0.292. The van der Waals surface area contributed by atoms with Crippen molar-refractivity contribution in [1.82, 2.24) is 5.43 Å². The monoisotopic (exact) mass is 449 g/mol. The standard InChI is InChI=1S/C24H23N3O6/c1-13-21-17(26-27-23(28)16-8-9-30-14(16)2)4-3-5-19(21)33-22(13)24(29)25-15-6-7-18-20(12-15)32-11-10-31-18/h6-9,12H,3-5,10-11H2,1-2H3,(H,25,29)(H,27,28)/b26-17+. The van der Waals surface area contributed by atoms with Gasteiger partial charge in [-0.1, -0.05) is 0 Å². The van der Waals surface area contributed by atoms with Crippen LogP contribution in [0.3, 0.4) is 0 Å². The second-order valence-electron chi connectivity index (χ2n) is 7.91. The van der Waals surface area contributed by atoms with E-state index in [4.69, 9.17) is 18.3 Å². The molecular weight excluding hydrogens is 426 g/mol. The first kappa shape index (κ1) is 20.9. The lowest BCUT2D eigenvalue weighted by Gasteiger charge is -2.18. The van der Waals surface area contributed by atoms with E-state index >= 15 is 0 Å². The van der Waals surface area contributed by atoms with Crippen molar-refractivity contribution in [3.8, 4) is 11.5 Å². The molecule has 0 unspecified atom stereocenters. The molecule has 0 bridgehead atoms. The zero-order valence-electron chi connectivity index (χ0n) is 18.3. The minimum atomic E-state index is -0.365. The zero-order chi connectivity index (χ0) is 22.9. The van der Waals surface area contributed by atoms with Gasteiger partial charge >= 0.3 is 0 Å². The summed E-state index contributed by atoms with van der Waals surface area (Å²) in [5, 5.41) is 7.20. The molecule has 1 aliphatic heterocycles. The van der Waals surface area contributed by atoms with Gasteiger partial charge in [-0.05, 0) is 44.9 Å². The number of hydrazone groups is 1. The van der Waals surface area contributed by atoms with Gasteiger partial charge in [0.05, 0.1) is 17.5 Å². The van der Waals surface area contributed by atoms with E-state index in [1.165, 1.54) is 6.26 Å². The van der Waals surface area contributed by atoms with Crippen molar-refractivity contribution in [2.75, 3.05) is 18.5 Å². The summed E-state index contributed by atoms with van der Waals surface area (Å²) in [6.07, 6.45) is 3.63. The molecule has 3 heterocycles. The number of nitrogens with zero attached hydrogens (tertiary/aromatic N) is 1. The van der Waals surface area contributed by atoms with Crippen molar-refractivity contribution < 1.29 is 27.9 Å². The molecule has 0 radical (unpaired) electrons. The second-order valence-corrected chi connectivity index (χ2v) is 7.91. The van der Waals surface area contributed by atoms with E-state index in [1.807, 2.05) is 6.92 Å². The first-order valence-corrected chi connectivity index (χ1v) is 10.8. The maximum atomic E-state index is 13.0. The molecule has 2 aliphatic rings. The Morgan fingerprint density at radius 1 is 1.00 bits per heavy atom. The quantitative estimate of drug-likeness (QED) is 0.582. The Hall–Kier alpha value is -4.01. The lowest BCUT2D eigenvalue weighted by atomic mass is 9.93. The molecule has 3 aromatic rings. The third-order valence-corrected chi connectivity index (χ3v) is 5.73. The van der Waals surface area contributed by atoms with E-state index < -0.39 is 0 Å². The third kappa shape index (κ3) is 3.97. The molecule has 5 rings (SSSR count). The van der Waals surface area contributed by atoms with Crippen molar-refractivity contribution in [3.63, 3.8) is 0 Å². The molecule has 2 amide bonds. The summed E-state index contributed by atoms with van der Waals surface area (Å²) in [5.41, 5.74) is 5.75. The lowest BCUT2D eigenvalue weighted by Crippen LogP contribution is -2.22.